The molecule has 0 saturated carbocycles. The first kappa shape index (κ1) is 18.1. The molecule has 2 aromatic carbocycles. The van der Waals surface area contributed by atoms with E-state index in [1.54, 1.807) is 6.21 Å². The number of hydrogen-bond donors (Lipinski definition) is 2. The lowest BCUT2D eigenvalue weighted by molar-refractivity contribution is 0.239. The Labute approximate surface area is 154 Å². The van der Waals surface area contributed by atoms with Gasteiger partial charge in [0.05, 0.1) is 17.6 Å². The maximum Gasteiger partial charge on any atom is 0.118 e. The molecule has 1 aliphatic heterocycles. The summed E-state index contributed by atoms with van der Waals surface area (Å²) in [6.45, 7) is 4.60. The first-order valence-corrected chi connectivity index (χ1v) is 9.03. The molecule has 26 heavy (non-hydrogen) atoms. The highest BCUT2D eigenvalue weighted by Gasteiger charge is 2.21. The molecule has 0 atom stereocenters. The number of hydrogen-bond acceptors (Lipinski definition) is 5. The third-order valence-electron chi connectivity index (χ3n) is 4.96. The zero-order valence-corrected chi connectivity index (χ0v) is 15.2. The molecule has 136 valence electrons. The van der Waals surface area contributed by atoms with E-state index in [2.05, 4.69) is 21.1 Å². The summed E-state index contributed by atoms with van der Waals surface area (Å²) in [5.41, 5.74) is 3.82. The number of aromatic hydroxyl groups is 1. The normalized spacial score (nSPS) is 17.0. The summed E-state index contributed by atoms with van der Waals surface area (Å²) in [5, 5.41) is 13.8. The van der Waals surface area contributed by atoms with Gasteiger partial charge in [0, 0.05) is 6.54 Å². The number of rotatable bonds is 5. The summed E-state index contributed by atoms with van der Waals surface area (Å²) < 4.78 is 0. The number of benzene rings is 2. The van der Waals surface area contributed by atoms with Crippen LogP contribution < -0.4 is 5.84 Å². The minimum atomic E-state index is 0.389. The second-order valence-electron chi connectivity index (χ2n) is 6.81. The van der Waals surface area contributed by atoms with Crippen molar-refractivity contribution in [2.45, 2.75) is 25.7 Å². The number of phenolic OH excluding ortho intramolecular Hbond substituents is 1. The minimum absolute atomic E-state index is 0.389. The summed E-state index contributed by atoms with van der Waals surface area (Å²) in [7, 11) is 0. The SMILES string of the molecule is Cc1ccc(C2CCN(CC(C=Nc3ccccc3)=NN)CC2)cc1O. The van der Waals surface area contributed by atoms with Gasteiger partial charge >= 0.3 is 0 Å². The fraction of sp³-hybridized carbons (Fsp3) is 0.333. The largest absolute Gasteiger partial charge is 0.508 e. The van der Waals surface area contributed by atoms with Crippen LogP contribution in [0.15, 0.2) is 58.6 Å². The Morgan fingerprint density at radius 3 is 2.58 bits per heavy atom. The number of likely N-dealkylation sites (tertiary alicyclic amines) is 1. The van der Waals surface area contributed by atoms with Gasteiger partial charge in [-0.3, -0.25) is 9.89 Å². The quantitative estimate of drug-likeness (QED) is 0.491. The number of nitrogens with two attached hydrogens (primary N) is 1. The van der Waals surface area contributed by atoms with Crippen molar-refractivity contribution in [3.05, 3.63) is 59.7 Å². The Bertz CT molecular complexity index is 778. The smallest absolute Gasteiger partial charge is 0.118 e. The molecule has 0 radical (unpaired) electrons. The van der Waals surface area contributed by atoms with E-state index in [0.29, 0.717) is 18.2 Å². The lowest BCUT2D eigenvalue weighted by Gasteiger charge is -2.32. The van der Waals surface area contributed by atoms with Crippen LogP contribution in [0.25, 0.3) is 0 Å². The number of nitrogens with zero attached hydrogens (tertiary/aromatic N) is 3. The Balaban J connectivity index is 1.54. The second-order valence-corrected chi connectivity index (χ2v) is 6.81. The van der Waals surface area contributed by atoms with Gasteiger partial charge in [0.2, 0.25) is 0 Å². The third-order valence-corrected chi connectivity index (χ3v) is 4.96. The van der Waals surface area contributed by atoms with Crippen LogP contribution in [0.5, 0.6) is 5.75 Å². The average molecular weight is 350 g/mol. The van der Waals surface area contributed by atoms with Crippen LogP contribution in [0.2, 0.25) is 0 Å². The zero-order chi connectivity index (χ0) is 18.4. The van der Waals surface area contributed by atoms with Crippen LogP contribution in [0, 0.1) is 6.92 Å². The molecule has 5 nitrogen and oxygen atoms in total. The van der Waals surface area contributed by atoms with E-state index in [-0.39, 0.29) is 0 Å². The predicted octanol–water partition coefficient (Wildman–Crippen LogP) is 3.60. The molecule has 0 aliphatic carbocycles. The Morgan fingerprint density at radius 1 is 1.19 bits per heavy atom. The van der Waals surface area contributed by atoms with Crippen molar-refractivity contribution in [1.29, 1.82) is 0 Å². The predicted molar refractivity (Wildman–Crippen MR) is 107 cm³/mol. The standard InChI is InChI=1S/C21H26N4O/c1-16-7-8-18(13-21(16)26)17-9-11-25(12-10-17)15-20(24-22)14-23-19-5-3-2-4-6-19/h2-8,13-14,17,26H,9-12,15,22H2,1H3. The van der Waals surface area contributed by atoms with E-state index >= 15 is 0 Å². The van der Waals surface area contributed by atoms with Crippen molar-refractivity contribution in [1.82, 2.24) is 4.90 Å². The fourth-order valence-corrected chi connectivity index (χ4v) is 3.31. The molecule has 0 amide bonds. The summed E-state index contributed by atoms with van der Waals surface area (Å²) >= 11 is 0. The zero-order valence-electron chi connectivity index (χ0n) is 15.2. The summed E-state index contributed by atoms with van der Waals surface area (Å²) in [6.07, 6.45) is 3.88. The molecular formula is C21H26N4O. The van der Waals surface area contributed by atoms with E-state index in [0.717, 1.165) is 42.9 Å². The highest BCUT2D eigenvalue weighted by atomic mass is 16.3. The first-order valence-electron chi connectivity index (χ1n) is 9.03. The highest BCUT2D eigenvalue weighted by Crippen LogP contribution is 2.31. The number of phenols is 1. The fourth-order valence-electron chi connectivity index (χ4n) is 3.31. The lowest BCUT2D eigenvalue weighted by atomic mass is 9.88. The average Bonchev–Trinajstić information content (AvgIpc) is 2.68. The number of aliphatic imine (C=N–C) groups is 1. The van der Waals surface area contributed by atoms with E-state index < -0.39 is 0 Å². The van der Waals surface area contributed by atoms with Crippen molar-refractivity contribution in [2.24, 2.45) is 15.9 Å². The van der Waals surface area contributed by atoms with Gasteiger partial charge in [-0.25, -0.2) is 0 Å². The Morgan fingerprint density at radius 2 is 1.92 bits per heavy atom. The van der Waals surface area contributed by atoms with Gasteiger partial charge in [-0.1, -0.05) is 30.3 Å². The van der Waals surface area contributed by atoms with Crippen molar-refractivity contribution in [3.63, 3.8) is 0 Å². The molecule has 3 rings (SSSR count). The number of piperidine rings is 1. The van der Waals surface area contributed by atoms with Crippen LogP contribution in [-0.2, 0) is 0 Å². The number of hydrazone groups is 1. The molecular weight excluding hydrogens is 324 g/mol. The number of aryl methyl sites for hydroxylation is 1. The van der Waals surface area contributed by atoms with Gasteiger partial charge in [0.15, 0.2) is 0 Å². The Hall–Kier alpha value is -2.66. The molecule has 1 aliphatic rings. The van der Waals surface area contributed by atoms with E-state index in [9.17, 15) is 5.11 Å². The molecule has 0 bridgehead atoms. The van der Waals surface area contributed by atoms with E-state index in [1.807, 2.05) is 49.4 Å². The van der Waals surface area contributed by atoms with Gasteiger partial charge in [-0.2, -0.15) is 5.10 Å². The van der Waals surface area contributed by atoms with Crippen molar-refractivity contribution in [3.8, 4) is 5.75 Å². The molecule has 1 heterocycles. The summed E-state index contributed by atoms with van der Waals surface area (Å²) in [4.78, 5) is 6.79. The third kappa shape index (κ3) is 4.70. The van der Waals surface area contributed by atoms with E-state index in [1.165, 1.54) is 5.56 Å². The first-order chi connectivity index (χ1) is 12.7. The summed E-state index contributed by atoms with van der Waals surface area (Å²) in [5.74, 6) is 6.43. The van der Waals surface area contributed by atoms with Crippen molar-refractivity contribution < 1.29 is 5.11 Å². The molecule has 5 heteroatoms. The van der Waals surface area contributed by atoms with Crippen LogP contribution in [-0.4, -0.2) is 41.6 Å². The van der Waals surface area contributed by atoms with Crippen molar-refractivity contribution in [2.75, 3.05) is 19.6 Å². The lowest BCUT2D eigenvalue weighted by Crippen LogP contribution is -2.37. The van der Waals surface area contributed by atoms with Crippen LogP contribution in [0.4, 0.5) is 5.69 Å². The second kappa shape index (κ2) is 8.63. The monoisotopic (exact) mass is 350 g/mol. The topological polar surface area (TPSA) is 74.2 Å². The molecule has 1 fully saturated rings. The minimum Gasteiger partial charge on any atom is -0.508 e. The van der Waals surface area contributed by atoms with E-state index in [4.69, 9.17) is 5.84 Å². The maximum absolute atomic E-state index is 9.93. The van der Waals surface area contributed by atoms with Crippen LogP contribution in [0.3, 0.4) is 0 Å². The molecule has 1 saturated heterocycles. The molecule has 3 N–H and O–H groups in total. The molecule has 0 unspecified atom stereocenters. The van der Waals surface area contributed by atoms with Gasteiger partial charge < -0.3 is 10.9 Å². The van der Waals surface area contributed by atoms with Gasteiger partial charge in [-0.15, -0.1) is 0 Å². The van der Waals surface area contributed by atoms with Gasteiger partial charge in [-0.05, 0) is 68.1 Å². The number of para-hydroxylation sites is 1. The molecule has 0 aromatic heterocycles. The summed E-state index contributed by atoms with van der Waals surface area (Å²) in [6, 6.07) is 15.8. The van der Waals surface area contributed by atoms with Crippen LogP contribution in [0.1, 0.15) is 29.9 Å². The van der Waals surface area contributed by atoms with Crippen molar-refractivity contribution >= 4 is 17.6 Å². The Kier molecular flexibility index (Phi) is 6.02. The maximum atomic E-state index is 9.93. The van der Waals surface area contributed by atoms with Crippen LogP contribution >= 0.6 is 0 Å². The molecule has 2 aromatic rings. The van der Waals surface area contributed by atoms with Gasteiger partial charge in [0.1, 0.15) is 5.75 Å². The van der Waals surface area contributed by atoms with Gasteiger partial charge in [0.25, 0.3) is 0 Å². The highest BCUT2D eigenvalue weighted by molar-refractivity contribution is 6.31. The molecule has 0 spiro atoms.